The summed E-state index contributed by atoms with van der Waals surface area (Å²) in [6, 6.07) is 110. The van der Waals surface area contributed by atoms with Crippen LogP contribution in [0, 0.1) is 0 Å². The van der Waals surface area contributed by atoms with E-state index in [-0.39, 0.29) is 6.71 Å². The van der Waals surface area contributed by atoms with E-state index in [4.69, 9.17) is 4.74 Å². The molecule has 84 heavy (non-hydrogen) atoms. The van der Waals surface area contributed by atoms with E-state index in [9.17, 15) is 0 Å². The van der Waals surface area contributed by atoms with Crippen molar-refractivity contribution < 1.29 is 4.74 Å². The van der Waals surface area contributed by atoms with E-state index in [0.29, 0.717) is 0 Å². The van der Waals surface area contributed by atoms with Gasteiger partial charge in [-0.15, -0.1) is 0 Å². The number of fused-ring (bicyclic) bond motifs is 16. The van der Waals surface area contributed by atoms with Crippen molar-refractivity contribution in [3.05, 3.63) is 297 Å². The van der Waals surface area contributed by atoms with Gasteiger partial charge in [0, 0.05) is 77.9 Å². The number of para-hydroxylation sites is 7. The molecule has 0 saturated heterocycles. The molecule has 0 atom stereocenters. The number of nitrogens with zero attached hydrogens (tertiary/aromatic N) is 4. The Morgan fingerprint density at radius 1 is 0.262 bits per heavy atom. The smallest absolute Gasteiger partial charge is 0.252 e. The lowest BCUT2D eigenvalue weighted by Crippen LogP contribution is -2.61. The summed E-state index contributed by atoms with van der Waals surface area (Å²) in [7, 11) is 0. The number of aromatic nitrogens is 2. The number of ether oxygens (including phenoxy) is 1. The maximum atomic E-state index is 7.24. The minimum Gasteiger partial charge on any atom is -0.456 e. The molecule has 18 rings (SSSR count). The number of rotatable bonds is 5. The summed E-state index contributed by atoms with van der Waals surface area (Å²) in [6.07, 6.45) is 0. The highest BCUT2D eigenvalue weighted by Gasteiger charge is 2.46. The Morgan fingerprint density at radius 3 is 1.30 bits per heavy atom. The zero-order chi connectivity index (χ0) is 55.0. The van der Waals surface area contributed by atoms with Gasteiger partial charge in [0.05, 0.1) is 33.4 Å². The second-order valence-corrected chi connectivity index (χ2v) is 22.3. The molecule has 0 unspecified atom stereocenters. The maximum absolute atomic E-state index is 7.24. The zero-order valence-corrected chi connectivity index (χ0v) is 45.6. The Labute approximate surface area is 486 Å². The number of hydrogen-bond donors (Lipinski definition) is 0. The lowest BCUT2D eigenvalue weighted by Gasteiger charge is -2.46. The quantitative estimate of drug-likeness (QED) is 0.161. The van der Waals surface area contributed by atoms with Crippen molar-refractivity contribution >= 4 is 101 Å². The van der Waals surface area contributed by atoms with Crippen molar-refractivity contribution in [2.24, 2.45) is 0 Å². The first kappa shape index (κ1) is 46.7. The van der Waals surface area contributed by atoms with Crippen LogP contribution < -0.4 is 30.9 Å². The summed E-state index contributed by atoms with van der Waals surface area (Å²) in [5.74, 6) is 1.60. The zero-order valence-electron chi connectivity index (χ0n) is 45.6. The highest BCUT2D eigenvalue weighted by atomic mass is 16.5. The van der Waals surface area contributed by atoms with Crippen LogP contribution in [0.4, 0.5) is 34.1 Å². The van der Waals surface area contributed by atoms with Gasteiger partial charge in [-0.05, 0) is 124 Å². The third-order valence-electron chi connectivity index (χ3n) is 17.9. The van der Waals surface area contributed by atoms with Gasteiger partial charge in [0.2, 0.25) is 0 Å². The molecular formula is C78H49BN4O. The molecule has 13 aromatic carbocycles. The normalized spacial score (nSPS) is 12.8. The van der Waals surface area contributed by atoms with E-state index in [2.05, 4.69) is 316 Å². The molecule has 5 nitrogen and oxygen atoms in total. The summed E-state index contributed by atoms with van der Waals surface area (Å²) >= 11 is 0. The molecule has 390 valence electrons. The molecule has 15 aromatic rings. The van der Waals surface area contributed by atoms with Crippen LogP contribution in [0.25, 0.3) is 99.5 Å². The van der Waals surface area contributed by atoms with Crippen LogP contribution in [0.15, 0.2) is 297 Å². The number of benzene rings is 13. The van der Waals surface area contributed by atoms with Gasteiger partial charge in [0.25, 0.3) is 6.71 Å². The van der Waals surface area contributed by atoms with Crippen LogP contribution in [-0.4, -0.2) is 15.8 Å². The Bertz CT molecular complexity index is 5090. The van der Waals surface area contributed by atoms with Crippen LogP contribution in [0.5, 0.6) is 11.5 Å². The van der Waals surface area contributed by atoms with Gasteiger partial charge in [-0.3, -0.25) is 0 Å². The molecule has 2 aromatic heterocycles. The molecule has 3 aliphatic heterocycles. The van der Waals surface area contributed by atoms with Crippen molar-refractivity contribution in [2.45, 2.75) is 0 Å². The third-order valence-corrected chi connectivity index (χ3v) is 17.9. The van der Waals surface area contributed by atoms with Gasteiger partial charge in [-0.25, -0.2) is 0 Å². The Morgan fingerprint density at radius 2 is 0.702 bits per heavy atom. The first-order valence-electron chi connectivity index (χ1n) is 28.9. The molecule has 0 radical (unpaired) electrons. The maximum Gasteiger partial charge on any atom is 0.252 e. The monoisotopic (exact) mass is 1070 g/mol. The number of hydrogen-bond acceptors (Lipinski definition) is 3. The summed E-state index contributed by atoms with van der Waals surface area (Å²) in [4.78, 5) is 5.20. The van der Waals surface area contributed by atoms with Gasteiger partial charge in [-0.1, -0.05) is 212 Å². The molecule has 0 spiro atoms. The third kappa shape index (κ3) is 6.85. The van der Waals surface area contributed by atoms with Gasteiger partial charge in [-0.2, -0.15) is 0 Å². The van der Waals surface area contributed by atoms with Crippen LogP contribution in [0.3, 0.4) is 0 Å². The highest BCUT2D eigenvalue weighted by molar-refractivity contribution is 7.00. The van der Waals surface area contributed by atoms with E-state index < -0.39 is 0 Å². The van der Waals surface area contributed by atoms with E-state index in [1.807, 2.05) is 0 Å². The summed E-state index contributed by atoms with van der Waals surface area (Å²) in [6.45, 7) is -0.228. The van der Waals surface area contributed by atoms with Crippen molar-refractivity contribution in [3.63, 3.8) is 0 Å². The fourth-order valence-electron chi connectivity index (χ4n) is 14.3. The SMILES string of the molecule is c1ccc(-c2ccc(N3c4cc(-n5c6ccccc6c6ccccc65)ccc4B4c5cc(-c6ccccc6)cc6c5N(c5ccccc5-c5ccccc5Oc5ccccc5-6)c5cc(-n6c7ccccc7c7ccccc76)cc3c54)cc2)cc1. The van der Waals surface area contributed by atoms with Crippen molar-refractivity contribution in [1.29, 1.82) is 0 Å². The number of anilines is 6. The molecule has 6 heteroatoms. The van der Waals surface area contributed by atoms with Crippen LogP contribution in [0.1, 0.15) is 0 Å². The second-order valence-electron chi connectivity index (χ2n) is 22.3. The summed E-state index contributed by atoms with van der Waals surface area (Å²) < 4.78 is 12.2. The van der Waals surface area contributed by atoms with Crippen LogP contribution >= 0.6 is 0 Å². The minimum absolute atomic E-state index is 0.228. The molecule has 0 N–H and O–H groups in total. The Hall–Kier alpha value is -11.1. The van der Waals surface area contributed by atoms with Crippen LogP contribution in [-0.2, 0) is 0 Å². The Balaban J connectivity index is 1.02. The molecule has 0 amide bonds. The van der Waals surface area contributed by atoms with Gasteiger partial charge < -0.3 is 23.7 Å². The second kappa shape index (κ2) is 18.2. The first-order chi connectivity index (χ1) is 41.7. The predicted octanol–water partition coefficient (Wildman–Crippen LogP) is 18.7. The lowest BCUT2D eigenvalue weighted by atomic mass is 9.33. The van der Waals surface area contributed by atoms with E-state index >= 15 is 0 Å². The molecule has 0 fully saturated rings. The molecule has 5 heterocycles. The molecule has 0 aliphatic carbocycles. The van der Waals surface area contributed by atoms with Gasteiger partial charge >= 0.3 is 0 Å². The summed E-state index contributed by atoms with van der Waals surface area (Å²) in [5, 5.41) is 4.89. The predicted molar refractivity (Wildman–Crippen MR) is 351 cm³/mol. The van der Waals surface area contributed by atoms with E-state index in [1.165, 1.54) is 60.1 Å². The van der Waals surface area contributed by atoms with Crippen molar-refractivity contribution in [3.8, 4) is 67.4 Å². The molecule has 0 bridgehead atoms. The molecule has 3 aliphatic rings. The fourth-order valence-corrected chi connectivity index (χ4v) is 14.3. The van der Waals surface area contributed by atoms with E-state index in [0.717, 1.165) is 101 Å². The largest absolute Gasteiger partial charge is 0.456 e. The van der Waals surface area contributed by atoms with Crippen molar-refractivity contribution in [1.82, 2.24) is 9.13 Å². The first-order valence-corrected chi connectivity index (χ1v) is 28.9. The Kier molecular flexibility index (Phi) is 10.1. The van der Waals surface area contributed by atoms with E-state index in [1.54, 1.807) is 0 Å². The lowest BCUT2D eigenvalue weighted by molar-refractivity contribution is 0.486. The standard InChI is InChI=1S/C78H49BN4O/c1-3-21-50(22-4-1)52-39-41-54(42-40-52)80-72-47-55(81-67-32-14-7-25-57(67)58-26-8-15-33-68(58)81)43-44-65(72)79-66-46-53(51-23-5-2-6-24-51)45-64-63-31-13-20-38-76(63)84-75-37-19-12-30-62(75)61-29-11-18-36-71(61)83(78(64)66)74-49-56(48-73(80)77(74)79)82-69-34-16-9-27-59(69)60-28-10-17-35-70(60)82/h1-49H. The average molecular weight is 1070 g/mol. The average Bonchev–Trinajstić information content (AvgIpc) is 1.41. The minimum atomic E-state index is -0.228. The fraction of sp³-hybridized carbons (Fsp3) is 0. The summed E-state index contributed by atoms with van der Waals surface area (Å²) in [5.41, 5.74) is 25.9. The van der Waals surface area contributed by atoms with Crippen LogP contribution in [0.2, 0.25) is 0 Å². The van der Waals surface area contributed by atoms with Crippen molar-refractivity contribution in [2.75, 3.05) is 9.80 Å². The topological polar surface area (TPSA) is 25.6 Å². The highest BCUT2D eigenvalue weighted by Crippen LogP contribution is 2.54. The molecular weight excluding hydrogens is 1020 g/mol. The molecule has 0 saturated carbocycles. The van der Waals surface area contributed by atoms with Gasteiger partial charge in [0.15, 0.2) is 0 Å². The van der Waals surface area contributed by atoms with Gasteiger partial charge in [0.1, 0.15) is 11.5 Å².